The third-order valence-corrected chi connectivity index (χ3v) is 2.90. The van der Waals surface area contributed by atoms with Gasteiger partial charge in [-0.3, -0.25) is 0 Å². The number of hydrogen-bond donors (Lipinski definition) is 1. The molecule has 0 radical (unpaired) electrons. The van der Waals surface area contributed by atoms with Crippen molar-refractivity contribution in [3.63, 3.8) is 0 Å². The SMILES string of the molecule is CSc1ccc(Oc2cccc(N)c2)cc1. The van der Waals surface area contributed by atoms with Crippen molar-refractivity contribution < 1.29 is 4.74 Å². The Kier molecular flexibility index (Phi) is 3.37. The third kappa shape index (κ3) is 2.70. The number of benzene rings is 2. The molecule has 0 saturated carbocycles. The summed E-state index contributed by atoms with van der Waals surface area (Å²) < 4.78 is 5.67. The van der Waals surface area contributed by atoms with Gasteiger partial charge in [0.1, 0.15) is 11.5 Å². The van der Waals surface area contributed by atoms with Crippen molar-refractivity contribution in [2.24, 2.45) is 0 Å². The van der Waals surface area contributed by atoms with Crippen LogP contribution in [0, 0.1) is 0 Å². The Balaban J connectivity index is 2.14. The highest BCUT2D eigenvalue weighted by atomic mass is 32.2. The number of nitrogen functional groups attached to an aromatic ring is 1. The molecule has 2 N–H and O–H groups in total. The van der Waals surface area contributed by atoms with Crippen molar-refractivity contribution in [3.05, 3.63) is 48.5 Å². The van der Waals surface area contributed by atoms with Gasteiger partial charge in [0.25, 0.3) is 0 Å². The lowest BCUT2D eigenvalue weighted by molar-refractivity contribution is 0.482. The van der Waals surface area contributed by atoms with Crippen LogP contribution in [0.15, 0.2) is 53.4 Å². The second kappa shape index (κ2) is 4.94. The van der Waals surface area contributed by atoms with E-state index < -0.39 is 0 Å². The largest absolute Gasteiger partial charge is 0.457 e. The predicted octanol–water partition coefficient (Wildman–Crippen LogP) is 3.78. The van der Waals surface area contributed by atoms with E-state index in [1.807, 2.05) is 54.8 Å². The van der Waals surface area contributed by atoms with Crippen LogP contribution in [0.3, 0.4) is 0 Å². The first kappa shape index (κ1) is 10.9. The van der Waals surface area contributed by atoms with Crippen molar-refractivity contribution in [1.29, 1.82) is 0 Å². The minimum atomic E-state index is 0.707. The maximum Gasteiger partial charge on any atom is 0.129 e. The van der Waals surface area contributed by atoms with E-state index in [0.29, 0.717) is 5.69 Å². The highest BCUT2D eigenvalue weighted by Gasteiger charge is 1.97. The standard InChI is InChI=1S/C13H13NOS/c1-16-13-7-5-11(6-8-13)15-12-4-2-3-10(14)9-12/h2-9H,14H2,1H3. The summed E-state index contributed by atoms with van der Waals surface area (Å²) in [6, 6.07) is 15.4. The van der Waals surface area contributed by atoms with E-state index in [-0.39, 0.29) is 0 Å². The number of hydrogen-bond acceptors (Lipinski definition) is 3. The Morgan fingerprint density at radius 1 is 1.00 bits per heavy atom. The lowest BCUT2D eigenvalue weighted by atomic mass is 10.3. The molecule has 0 aromatic heterocycles. The summed E-state index contributed by atoms with van der Waals surface area (Å²) in [5.41, 5.74) is 6.38. The van der Waals surface area contributed by atoms with Gasteiger partial charge in [-0.1, -0.05) is 6.07 Å². The van der Waals surface area contributed by atoms with Crippen LogP contribution in [0.1, 0.15) is 0 Å². The van der Waals surface area contributed by atoms with E-state index in [2.05, 4.69) is 0 Å². The minimum absolute atomic E-state index is 0.707. The van der Waals surface area contributed by atoms with Crippen LogP contribution in [0.2, 0.25) is 0 Å². The Morgan fingerprint density at radius 3 is 2.38 bits per heavy atom. The summed E-state index contributed by atoms with van der Waals surface area (Å²) in [6.45, 7) is 0. The summed E-state index contributed by atoms with van der Waals surface area (Å²) in [6.07, 6.45) is 2.05. The fourth-order valence-electron chi connectivity index (χ4n) is 1.36. The molecule has 0 aliphatic carbocycles. The number of nitrogens with two attached hydrogens (primary N) is 1. The van der Waals surface area contributed by atoms with Crippen LogP contribution in [0.25, 0.3) is 0 Å². The van der Waals surface area contributed by atoms with Gasteiger partial charge in [0.2, 0.25) is 0 Å². The van der Waals surface area contributed by atoms with Crippen molar-refractivity contribution in [1.82, 2.24) is 0 Å². The van der Waals surface area contributed by atoms with E-state index in [4.69, 9.17) is 10.5 Å². The van der Waals surface area contributed by atoms with Crippen LogP contribution in [0.4, 0.5) is 5.69 Å². The lowest BCUT2D eigenvalue weighted by Crippen LogP contribution is -1.87. The molecule has 0 amide bonds. The number of anilines is 1. The van der Waals surface area contributed by atoms with Crippen LogP contribution < -0.4 is 10.5 Å². The molecule has 0 fully saturated rings. The lowest BCUT2D eigenvalue weighted by Gasteiger charge is -2.06. The summed E-state index contributed by atoms with van der Waals surface area (Å²) >= 11 is 1.71. The molecule has 0 heterocycles. The summed E-state index contributed by atoms with van der Waals surface area (Å²) in [4.78, 5) is 1.22. The van der Waals surface area contributed by atoms with Gasteiger partial charge in [0.15, 0.2) is 0 Å². The highest BCUT2D eigenvalue weighted by molar-refractivity contribution is 7.98. The van der Waals surface area contributed by atoms with Gasteiger partial charge in [-0.25, -0.2) is 0 Å². The number of rotatable bonds is 3. The molecule has 82 valence electrons. The quantitative estimate of drug-likeness (QED) is 0.645. The Hall–Kier alpha value is -1.61. The van der Waals surface area contributed by atoms with Crippen LogP contribution in [0.5, 0.6) is 11.5 Å². The molecule has 2 aromatic rings. The molecular formula is C13H13NOS. The van der Waals surface area contributed by atoms with Gasteiger partial charge in [-0.05, 0) is 42.7 Å². The first-order chi connectivity index (χ1) is 7.78. The first-order valence-corrected chi connectivity index (χ1v) is 6.18. The predicted molar refractivity (Wildman–Crippen MR) is 69.2 cm³/mol. The smallest absolute Gasteiger partial charge is 0.129 e. The summed E-state index contributed by atoms with van der Waals surface area (Å²) in [5.74, 6) is 1.58. The zero-order valence-electron chi connectivity index (χ0n) is 9.01. The normalized spacial score (nSPS) is 10.1. The average Bonchev–Trinajstić information content (AvgIpc) is 2.30. The maximum absolute atomic E-state index is 5.67. The molecule has 0 bridgehead atoms. The van der Waals surface area contributed by atoms with E-state index in [1.165, 1.54) is 4.90 Å². The highest BCUT2D eigenvalue weighted by Crippen LogP contribution is 2.25. The summed E-state index contributed by atoms with van der Waals surface area (Å²) in [7, 11) is 0. The average molecular weight is 231 g/mol. The molecule has 16 heavy (non-hydrogen) atoms. The van der Waals surface area contributed by atoms with Crippen molar-refractivity contribution in [3.8, 4) is 11.5 Å². The van der Waals surface area contributed by atoms with Crippen molar-refractivity contribution in [2.75, 3.05) is 12.0 Å². The van der Waals surface area contributed by atoms with Crippen LogP contribution >= 0.6 is 11.8 Å². The van der Waals surface area contributed by atoms with E-state index in [9.17, 15) is 0 Å². The third-order valence-electron chi connectivity index (χ3n) is 2.15. The number of ether oxygens (including phenoxy) is 1. The molecule has 2 nitrogen and oxygen atoms in total. The Labute approximate surface area is 99.4 Å². The zero-order valence-corrected chi connectivity index (χ0v) is 9.83. The van der Waals surface area contributed by atoms with E-state index in [1.54, 1.807) is 11.8 Å². The molecule has 3 heteroatoms. The van der Waals surface area contributed by atoms with Crippen molar-refractivity contribution in [2.45, 2.75) is 4.90 Å². The monoisotopic (exact) mass is 231 g/mol. The Morgan fingerprint density at radius 2 is 1.75 bits per heavy atom. The Bertz CT molecular complexity index is 468. The van der Waals surface area contributed by atoms with Crippen LogP contribution in [-0.4, -0.2) is 6.26 Å². The summed E-state index contributed by atoms with van der Waals surface area (Å²) in [5, 5.41) is 0. The van der Waals surface area contributed by atoms with Gasteiger partial charge < -0.3 is 10.5 Å². The molecule has 2 aromatic carbocycles. The fourth-order valence-corrected chi connectivity index (χ4v) is 1.77. The molecule has 0 aliphatic heterocycles. The molecule has 0 spiro atoms. The second-order valence-electron chi connectivity index (χ2n) is 3.35. The van der Waals surface area contributed by atoms with Gasteiger partial charge >= 0.3 is 0 Å². The van der Waals surface area contributed by atoms with Gasteiger partial charge in [0, 0.05) is 16.6 Å². The minimum Gasteiger partial charge on any atom is -0.457 e. The topological polar surface area (TPSA) is 35.2 Å². The number of thioether (sulfide) groups is 1. The molecule has 0 unspecified atom stereocenters. The first-order valence-electron chi connectivity index (χ1n) is 4.95. The van der Waals surface area contributed by atoms with E-state index in [0.717, 1.165) is 11.5 Å². The molecule has 0 aliphatic rings. The molecule has 0 saturated heterocycles. The fraction of sp³-hybridized carbons (Fsp3) is 0.0769. The van der Waals surface area contributed by atoms with Gasteiger partial charge in [-0.2, -0.15) is 0 Å². The molecular weight excluding hydrogens is 218 g/mol. The maximum atomic E-state index is 5.67. The van der Waals surface area contributed by atoms with Gasteiger partial charge in [-0.15, -0.1) is 11.8 Å². The molecule has 0 atom stereocenters. The zero-order chi connectivity index (χ0) is 11.4. The van der Waals surface area contributed by atoms with E-state index >= 15 is 0 Å². The molecule has 2 rings (SSSR count). The van der Waals surface area contributed by atoms with Gasteiger partial charge in [0.05, 0.1) is 0 Å². The second-order valence-corrected chi connectivity index (χ2v) is 4.23. The van der Waals surface area contributed by atoms with Crippen molar-refractivity contribution >= 4 is 17.4 Å². The van der Waals surface area contributed by atoms with Crippen LogP contribution in [-0.2, 0) is 0 Å².